The molecule has 1 N–H and O–H groups in total. The van der Waals surface area contributed by atoms with Crippen molar-refractivity contribution in [1.29, 1.82) is 0 Å². The molecule has 1 fully saturated rings. The third kappa shape index (κ3) is 4.20. The van der Waals surface area contributed by atoms with E-state index in [1.807, 2.05) is 0 Å². The molecular weight excluding hydrogens is 458 g/mol. The van der Waals surface area contributed by atoms with E-state index in [0.717, 1.165) is 54.5 Å². The minimum absolute atomic E-state index is 0.151. The molecule has 6 rings (SSSR count). The maximum absolute atomic E-state index is 13.2. The van der Waals surface area contributed by atoms with E-state index < -0.39 is 11.3 Å². The molecule has 5 heterocycles. The highest BCUT2D eigenvalue weighted by molar-refractivity contribution is 5.93. The Kier molecular flexibility index (Phi) is 6.42. The van der Waals surface area contributed by atoms with Crippen LogP contribution in [0.5, 0.6) is 5.75 Å². The number of aryl methyl sites for hydroxylation is 1. The van der Waals surface area contributed by atoms with Gasteiger partial charge >= 0.3 is 0 Å². The summed E-state index contributed by atoms with van der Waals surface area (Å²) in [6, 6.07) is 2.06. The van der Waals surface area contributed by atoms with Gasteiger partial charge in [0.2, 0.25) is 5.43 Å². The molecule has 6 bridgehead atoms. The lowest BCUT2D eigenvalue weighted by Gasteiger charge is -2.33. The van der Waals surface area contributed by atoms with Gasteiger partial charge in [0, 0.05) is 18.1 Å². The summed E-state index contributed by atoms with van der Waals surface area (Å²) in [5.41, 5.74) is 1.77. The van der Waals surface area contributed by atoms with Gasteiger partial charge in [-0.05, 0) is 57.9 Å². The van der Waals surface area contributed by atoms with Crippen molar-refractivity contribution < 1.29 is 9.53 Å². The Morgan fingerprint density at radius 1 is 1.19 bits per heavy atom. The van der Waals surface area contributed by atoms with Crippen LogP contribution in [0.15, 0.2) is 33.2 Å². The van der Waals surface area contributed by atoms with E-state index in [-0.39, 0.29) is 16.9 Å². The summed E-state index contributed by atoms with van der Waals surface area (Å²) in [4.78, 5) is 38.9. The predicted octanol–water partition coefficient (Wildman–Crippen LogP) is 3.44. The van der Waals surface area contributed by atoms with Crippen molar-refractivity contribution >= 4 is 35.7 Å². The minimum atomic E-state index is -0.515. The first kappa shape index (κ1) is 23.9. The molecule has 0 saturated heterocycles. The van der Waals surface area contributed by atoms with Crippen LogP contribution >= 0.6 is 0 Å². The first-order valence-corrected chi connectivity index (χ1v) is 12.4. The van der Waals surface area contributed by atoms with Gasteiger partial charge in [0.05, 0.1) is 30.6 Å². The molecule has 1 amide bonds. The van der Waals surface area contributed by atoms with Crippen molar-refractivity contribution in [3.63, 3.8) is 0 Å². The Morgan fingerprint density at radius 3 is 2.78 bits per heavy atom. The number of fused-ring (bicyclic) bond motifs is 7. The van der Waals surface area contributed by atoms with E-state index >= 15 is 0 Å². The normalized spacial score (nSPS) is 18.1. The van der Waals surface area contributed by atoms with Crippen LogP contribution in [0.1, 0.15) is 60.3 Å². The van der Waals surface area contributed by atoms with Gasteiger partial charge in [-0.25, -0.2) is 9.98 Å². The van der Waals surface area contributed by atoms with E-state index in [0.29, 0.717) is 31.8 Å². The molecule has 3 aromatic rings. The van der Waals surface area contributed by atoms with E-state index in [9.17, 15) is 9.59 Å². The fourth-order valence-corrected chi connectivity index (χ4v) is 5.37. The fourth-order valence-electron chi connectivity index (χ4n) is 5.37. The number of carbonyl (C=O) groups excluding carboxylic acids is 1. The molecule has 1 saturated carbocycles. The van der Waals surface area contributed by atoms with Crippen molar-refractivity contribution in [1.82, 2.24) is 24.6 Å². The third-order valence-electron chi connectivity index (χ3n) is 7.30. The number of amides is 1. The van der Waals surface area contributed by atoms with Gasteiger partial charge in [-0.2, -0.15) is 5.10 Å². The molecule has 1 aliphatic carbocycles. The molecule has 0 aromatic carbocycles. The van der Waals surface area contributed by atoms with Crippen molar-refractivity contribution in [3.05, 3.63) is 45.6 Å². The van der Waals surface area contributed by atoms with Gasteiger partial charge in [0.1, 0.15) is 23.4 Å². The fraction of sp³-hybridized carbons (Fsp3) is 0.462. The third-order valence-corrected chi connectivity index (χ3v) is 7.30. The summed E-state index contributed by atoms with van der Waals surface area (Å²) in [6.07, 6.45) is 10.6. The molecule has 3 aliphatic rings. The molecule has 0 atom stereocenters. The number of ether oxygens (including phenoxy) is 1. The van der Waals surface area contributed by atoms with E-state index in [4.69, 9.17) is 9.72 Å². The maximum atomic E-state index is 13.2. The second kappa shape index (κ2) is 9.67. The second-order valence-electron chi connectivity index (χ2n) is 9.66. The molecule has 10 nitrogen and oxygen atoms in total. The minimum Gasteiger partial charge on any atom is -0.492 e. The molecule has 188 valence electrons. The first-order valence-electron chi connectivity index (χ1n) is 12.4. The summed E-state index contributed by atoms with van der Waals surface area (Å²) in [7, 11) is 0. The van der Waals surface area contributed by atoms with Crippen LogP contribution in [-0.4, -0.2) is 51.4 Å². The molecule has 0 unspecified atom stereocenters. The van der Waals surface area contributed by atoms with Crippen molar-refractivity contribution in [2.75, 3.05) is 13.2 Å². The van der Waals surface area contributed by atoms with E-state index in [1.165, 1.54) is 6.34 Å². The summed E-state index contributed by atoms with van der Waals surface area (Å²) < 4.78 is 9.97. The number of aromatic nitrogens is 4. The lowest BCUT2D eigenvalue weighted by molar-refractivity contribution is 0.0942. The smallest absolute Gasteiger partial charge is 0.275 e. The zero-order valence-corrected chi connectivity index (χ0v) is 20.8. The average molecular weight is 490 g/mol. The Labute approximate surface area is 209 Å². The van der Waals surface area contributed by atoms with Crippen LogP contribution in [0.2, 0.25) is 0 Å². The van der Waals surface area contributed by atoms with Crippen LogP contribution in [0, 0.1) is 13.8 Å². The highest BCUT2D eigenvalue weighted by atomic mass is 16.5. The summed E-state index contributed by atoms with van der Waals surface area (Å²) >= 11 is 0. The number of nitrogens with one attached hydrogen (secondary N) is 1. The molecule has 0 radical (unpaired) electrons. The van der Waals surface area contributed by atoms with E-state index in [2.05, 4.69) is 50.9 Å². The largest absolute Gasteiger partial charge is 0.492 e. The monoisotopic (exact) mass is 489 g/mol. The van der Waals surface area contributed by atoms with Gasteiger partial charge in [0.25, 0.3) is 5.91 Å². The molecule has 3 aromatic heterocycles. The number of hydrogen-bond donors (Lipinski definition) is 1. The average Bonchev–Trinajstić information content (AvgIpc) is 3.47. The summed E-state index contributed by atoms with van der Waals surface area (Å²) in [5, 5.41) is 8.48. The van der Waals surface area contributed by atoms with Gasteiger partial charge in [-0.15, -0.1) is 0 Å². The van der Waals surface area contributed by atoms with Crippen LogP contribution in [0.4, 0.5) is 5.69 Å². The van der Waals surface area contributed by atoms with Crippen LogP contribution in [-0.2, 0) is 12.1 Å². The summed E-state index contributed by atoms with van der Waals surface area (Å²) in [5.74, 6) is 0.237. The number of pyridine rings is 1. The molecule has 2 aliphatic heterocycles. The Bertz CT molecular complexity index is 1410. The maximum Gasteiger partial charge on any atom is 0.275 e. The number of carbonyl (C=O) groups is 1. The zero-order valence-electron chi connectivity index (χ0n) is 20.8. The van der Waals surface area contributed by atoms with Crippen molar-refractivity contribution in [3.8, 4) is 5.75 Å². The van der Waals surface area contributed by atoms with Gasteiger partial charge in [-0.1, -0.05) is 12.8 Å². The van der Waals surface area contributed by atoms with Crippen LogP contribution in [0.3, 0.4) is 0 Å². The van der Waals surface area contributed by atoms with E-state index in [1.54, 1.807) is 17.8 Å². The molecule has 1 spiro atoms. The van der Waals surface area contributed by atoms with Crippen molar-refractivity contribution in [2.45, 2.75) is 64.5 Å². The number of nitrogens with zero attached hydrogens (tertiary/aromatic N) is 6. The van der Waals surface area contributed by atoms with Crippen molar-refractivity contribution in [2.24, 2.45) is 9.98 Å². The standard InChI is InChI=1S/C26H31N7O3/c1-17-14-32-24-20(17)12-19(13-29-24)36-11-7-6-10-28-25(35)22-23(34)21(30-16-27-3)18(2)33(31-22)15-26(32)8-4-5-9-26/h12-14,16H,3-11,15H2,1-2H3,(H,28,35)/b30-16-. The van der Waals surface area contributed by atoms with Crippen LogP contribution < -0.4 is 15.5 Å². The number of rotatable bonds is 2. The van der Waals surface area contributed by atoms with Gasteiger partial charge in [-0.3, -0.25) is 19.3 Å². The number of aliphatic imine (C=N–C) groups is 2. The quantitative estimate of drug-likeness (QED) is 0.437. The Morgan fingerprint density at radius 2 is 2.00 bits per heavy atom. The van der Waals surface area contributed by atoms with Crippen LogP contribution in [0.25, 0.3) is 11.0 Å². The summed E-state index contributed by atoms with van der Waals surface area (Å²) in [6.45, 7) is 8.71. The lowest BCUT2D eigenvalue weighted by Crippen LogP contribution is -2.39. The second-order valence-corrected chi connectivity index (χ2v) is 9.66. The number of hydrogen-bond acceptors (Lipinski definition) is 6. The topological polar surface area (TPSA) is 116 Å². The van der Waals surface area contributed by atoms with Gasteiger partial charge < -0.3 is 14.6 Å². The molecule has 10 heteroatoms. The Hall–Kier alpha value is -3.82. The SMILES string of the molecule is C=N/C=N\c1c(C)n2nc(c1=O)C(=O)NCCCCOc1cnc3c(c1)c(C)cn3C1(CCCC1)C2. The Balaban J connectivity index is 1.72. The lowest BCUT2D eigenvalue weighted by atomic mass is 9.96. The first-order chi connectivity index (χ1) is 17.4. The molecule has 36 heavy (non-hydrogen) atoms. The van der Waals surface area contributed by atoms with Gasteiger partial charge in [0.15, 0.2) is 5.69 Å². The molecular formula is C26H31N7O3. The highest BCUT2D eigenvalue weighted by Crippen LogP contribution is 2.41. The highest BCUT2D eigenvalue weighted by Gasteiger charge is 2.38. The zero-order chi connectivity index (χ0) is 25.3. The predicted molar refractivity (Wildman–Crippen MR) is 139 cm³/mol.